The lowest BCUT2D eigenvalue weighted by Gasteiger charge is -2.00. The standard InChI is InChI=1S/C9H10BrN3/c1-11-5-6-3-2-4-7-8(6)9(10)13-12-7/h2-4,11H,5H2,1H3,(H,12,13). The molecule has 1 aromatic carbocycles. The number of benzene rings is 1. The molecule has 1 aromatic heterocycles. The fraction of sp³-hybridized carbons (Fsp3) is 0.222. The van der Waals surface area contributed by atoms with Crippen LogP contribution in [0.2, 0.25) is 0 Å². The second kappa shape index (κ2) is 3.47. The van der Waals surface area contributed by atoms with E-state index in [0.29, 0.717) is 0 Å². The van der Waals surface area contributed by atoms with Crippen LogP contribution >= 0.6 is 15.9 Å². The molecule has 0 aliphatic rings. The number of hydrogen-bond acceptors (Lipinski definition) is 2. The first-order valence-corrected chi connectivity index (χ1v) is 4.88. The van der Waals surface area contributed by atoms with E-state index < -0.39 is 0 Å². The van der Waals surface area contributed by atoms with Crippen LogP contribution in [0.4, 0.5) is 0 Å². The molecule has 13 heavy (non-hydrogen) atoms. The zero-order valence-corrected chi connectivity index (χ0v) is 8.85. The van der Waals surface area contributed by atoms with Gasteiger partial charge in [0.25, 0.3) is 0 Å². The average Bonchev–Trinajstić information content (AvgIpc) is 2.50. The summed E-state index contributed by atoms with van der Waals surface area (Å²) in [4.78, 5) is 0. The van der Waals surface area contributed by atoms with Gasteiger partial charge in [-0.3, -0.25) is 5.10 Å². The molecule has 0 amide bonds. The van der Waals surface area contributed by atoms with Gasteiger partial charge < -0.3 is 5.32 Å². The van der Waals surface area contributed by atoms with Gasteiger partial charge >= 0.3 is 0 Å². The Morgan fingerprint density at radius 1 is 1.54 bits per heavy atom. The Kier molecular flexibility index (Phi) is 2.33. The number of hydrogen-bond donors (Lipinski definition) is 2. The van der Waals surface area contributed by atoms with E-state index in [9.17, 15) is 0 Å². The summed E-state index contributed by atoms with van der Waals surface area (Å²) in [6.07, 6.45) is 0. The van der Waals surface area contributed by atoms with Crippen molar-refractivity contribution in [3.8, 4) is 0 Å². The van der Waals surface area contributed by atoms with Crippen LogP contribution in [0.1, 0.15) is 5.56 Å². The first-order valence-electron chi connectivity index (χ1n) is 4.09. The summed E-state index contributed by atoms with van der Waals surface area (Å²) in [6, 6.07) is 6.11. The van der Waals surface area contributed by atoms with Gasteiger partial charge in [0, 0.05) is 11.9 Å². The van der Waals surface area contributed by atoms with Gasteiger partial charge in [-0.25, -0.2) is 0 Å². The highest BCUT2D eigenvalue weighted by atomic mass is 79.9. The quantitative estimate of drug-likeness (QED) is 0.843. The van der Waals surface area contributed by atoms with E-state index in [2.05, 4.69) is 37.5 Å². The van der Waals surface area contributed by atoms with Gasteiger partial charge in [-0.2, -0.15) is 5.10 Å². The van der Waals surface area contributed by atoms with Crippen molar-refractivity contribution in [2.45, 2.75) is 6.54 Å². The third-order valence-corrected chi connectivity index (χ3v) is 2.56. The van der Waals surface area contributed by atoms with Crippen molar-refractivity contribution in [2.24, 2.45) is 0 Å². The van der Waals surface area contributed by atoms with Gasteiger partial charge in [0.15, 0.2) is 0 Å². The van der Waals surface area contributed by atoms with Crippen LogP contribution < -0.4 is 5.32 Å². The van der Waals surface area contributed by atoms with Crippen molar-refractivity contribution in [1.29, 1.82) is 0 Å². The van der Waals surface area contributed by atoms with Gasteiger partial charge in [0.1, 0.15) is 4.60 Å². The number of H-pyrrole nitrogens is 1. The van der Waals surface area contributed by atoms with Crippen LogP contribution in [0, 0.1) is 0 Å². The molecule has 2 aromatic rings. The smallest absolute Gasteiger partial charge is 0.109 e. The molecule has 0 spiro atoms. The second-order valence-corrected chi connectivity index (χ2v) is 3.67. The summed E-state index contributed by atoms with van der Waals surface area (Å²) in [5, 5.41) is 11.4. The zero-order chi connectivity index (χ0) is 9.26. The molecule has 68 valence electrons. The van der Waals surface area contributed by atoms with Crippen LogP contribution in [0.15, 0.2) is 22.8 Å². The summed E-state index contributed by atoms with van der Waals surface area (Å²) >= 11 is 3.44. The van der Waals surface area contributed by atoms with Crippen molar-refractivity contribution in [1.82, 2.24) is 15.5 Å². The Hall–Kier alpha value is -0.870. The van der Waals surface area contributed by atoms with E-state index in [1.807, 2.05) is 19.2 Å². The van der Waals surface area contributed by atoms with Crippen LogP contribution in [0.5, 0.6) is 0 Å². The molecule has 0 atom stereocenters. The summed E-state index contributed by atoms with van der Waals surface area (Å²) < 4.78 is 0.952. The summed E-state index contributed by atoms with van der Waals surface area (Å²) in [5.41, 5.74) is 2.25. The van der Waals surface area contributed by atoms with Crippen LogP contribution in [-0.4, -0.2) is 17.2 Å². The number of aromatic amines is 1. The molecule has 0 aliphatic carbocycles. The highest BCUT2D eigenvalue weighted by Gasteiger charge is 2.06. The van der Waals surface area contributed by atoms with E-state index in [0.717, 1.165) is 22.1 Å². The number of fused-ring (bicyclic) bond motifs is 1. The van der Waals surface area contributed by atoms with E-state index in [-0.39, 0.29) is 0 Å². The van der Waals surface area contributed by atoms with Gasteiger partial charge in [-0.15, -0.1) is 0 Å². The Morgan fingerprint density at radius 2 is 2.38 bits per heavy atom. The van der Waals surface area contributed by atoms with Crippen molar-refractivity contribution < 1.29 is 0 Å². The normalized spacial score (nSPS) is 10.9. The fourth-order valence-electron chi connectivity index (χ4n) is 1.44. The Morgan fingerprint density at radius 3 is 3.15 bits per heavy atom. The monoisotopic (exact) mass is 239 g/mol. The molecule has 0 aliphatic heterocycles. The molecule has 0 saturated carbocycles. The Labute approximate surface area is 84.7 Å². The minimum Gasteiger partial charge on any atom is -0.316 e. The van der Waals surface area contributed by atoms with Crippen LogP contribution in [0.3, 0.4) is 0 Å². The van der Waals surface area contributed by atoms with Crippen LogP contribution in [-0.2, 0) is 6.54 Å². The third kappa shape index (κ3) is 1.47. The lowest BCUT2D eigenvalue weighted by Crippen LogP contribution is -2.05. The maximum Gasteiger partial charge on any atom is 0.109 e. The number of aromatic nitrogens is 2. The van der Waals surface area contributed by atoms with Gasteiger partial charge in [0.05, 0.1) is 5.52 Å². The molecule has 0 radical (unpaired) electrons. The molecular formula is C9H10BrN3. The summed E-state index contributed by atoms with van der Waals surface area (Å²) in [5.74, 6) is 0. The van der Waals surface area contributed by atoms with E-state index in [1.54, 1.807) is 0 Å². The molecular weight excluding hydrogens is 230 g/mol. The summed E-state index contributed by atoms with van der Waals surface area (Å²) in [6.45, 7) is 0.857. The number of nitrogens with zero attached hydrogens (tertiary/aromatic N) is 1. The van der Waals surface area contributed by atoms with Crippen molar-refractivity contribution in [3.63, 3.8) is 0 Å². The second-order valence-electron chi connectivity index (χ2n) is 2.88. The molecule has 0 fully saturated rings. The Bertz CT molecular complexity index is 422. The van der Waals surface area contributed by atoms with Gasteiger partial charge in [-0.1, -0.05) is 12.1 Å². The minimum atomic E-state index is 0.857. The van der Waals surface area contributed by atoms with Crippen molar-refractivity contribution in [3.05, 3.63) is 28.4 Å². The third-order valence-electron chi connectivity index (χ3n) is 1.99. The first kappa shape index (κ1) is 8.72. The summed E-state index contributed by atoms with van der Waals surface area (Å²) in [7, 11) is 1.94. The maximum atomic E-state index is 4.16. The molecule has 0 saturated heterocycles. The highest BCUT2D eigenvalue weighted by Crippen LogP contribution is 2.24. The molecule has 2 rings (SSSR count). The Balaban J connectivity index is 2.65. The number of nitrogens with one attached hydrogen (secondary N) is 2. The van der Waals surface area contributed by atoms with Crippen molar-refractivity contribution >= 4 is 26.8 Å². The van der Waals surface area contributed by atoms with E-state index >= 15 is 0 Å². The zero-order valence-electron chi connectivity index (χ0n) is 7.26. The largest absolute Gasteiger partial charge is 0.316 e. The van der Waals surface area contributed by atoms with Crippen LogP contribution in [0.25, 0.3) is 10.9 Å². The van der Waals surface area contributed by atoms with E-state index in [4.69, 9.17) is 0 Å². The number of rotatable bonds is 2. The molecule has 4 heteroatoms. The SMILES string of the molecule is CNCc1cccc2n[nH]c(Br)c12. The molecule has 0 unspecified atom stereocenters. The van der Waals surface area contributed by atoms with E-state index in [1.165, 1.54) is 5.56 Å². The first-order chi connectivity index (χ1) is 6.33. The maximum absolute atomic E-state index is 4.16. The predicted octanol–water partition coefficient (Wildman–Crippen LogP) is 2.04. The average molecular weight is 240 g/mol. The molecule has 3 nitrogen and oxygen atoms in total. The number of halogens is 1. The predicted molar refractivity (Wildman–Crippen MR) is 56.6 cm³/mol. The fourth-order valence-corrected chi connectivity index (χ4v) is 1.98. The lowest BCUT2D eigenvalue weighted by atomic mass is 10.1. The highest BCUT2D eigenvalue weighted by molar-refractivity contribution is 9.10. The molecule has 0 bridgehead atoms. The topological polar surface area (TPSA) is 40.7 Å². The molecule has 1 heterocycles. The van der Waals surface area contributed by atoms with Crippen molar-refractivity contribution in [2.75, 3.05) is 7.05 Å². The molecule has 2 N–H and O–H groups in total. The van der Waals surface area contributed by atoms with Gasteiger partial charge in [-0.05, 0) is 34.6 Å². The minimum absolute atomic E-state index is 0.857. The van der Waals surface area contributed by atoms with Gasteiger partial charge in [0.2, 0.25) is 0 Å². The lowest BCUT2D eigenvalue weighted by molar-refractivity contribution is 0.823.